The highest BCUT2D eigenvalue weighted by atomic mass is 16.6. The monoisotopic (exact) mass is 277 g/mol. The van der Waals surface area contributed by atoms with Crippen molar-refractivity contribution in [2.45, 2.75) is 0 Å². The van der Waals surface area contributed by atoms with Crippen LogP contribution in [0.4, 0.5) is 5.69 Å². The molecule has 20 heavy (non-hydrogen) atoms. The molecule has 0 spiro atoms. The Morgan fingerprint density at radius 3 is 2.70 bits per heavy atom. The van der Waals surface area contributed by atoms with Crippen LogP contribution in [-0.4, -0.2) is 42.3 Å². The van der Waals surface area contributed by atoms with E-state index in [-0.39, 0.29) is 18.1 Å². The van der Waals surface area contributed by atoms with Gasteiger partial charge in [-0.15, -0.1) is 0 Å². The topological polar surface area (TPSA) is 92.6 Å². The van der Waals surface area contributed by atoms with Gasteiger partial charge < -0.3 is 10.2 Å². The smallest absolute Gasteiger partial charge is 0.270 e. The predicted octanol–water partition coefficient (Wildman–Crippen LogP) is 0.812. The molecule has 1 rings (SSSR count). The molecule has 0 aliphatic rings. The summed E-state index contributed by atoms with van der Waals surface area (Å²) in [4.78, 5) is 34.2. The number of likely N-dealkylation sites (N-methyl/N-ethyl adjacent to an activating group) is 1. The summed E-state index contributed by atoms with van der Waals surface area (Å²) in [6, 6.07) is 5.90. The second-order valence-corrected chi connectivity index (χ2v) is 4.19. The van der Waals surface area contributed by atoms with Crippen LogP contribution in [-0.2, 0) is 9.59 Å². The van der Waals surface area contributed by atoms with Gasteiger partial charge in [-0.3, -0.25) is 19.7 Å². The second-order valence-electron chi connectivity index (χ2n) is 4.19. The Kier molecular flexibility index (Phi) is 5.40. The minimum atomic E-state index is -0.507. The molecular formula is C13H15N3O4. The summed E-state index contributed by atoms with van der Waals surface area (Å²) in [5, 5.41) is 13.0. The van der Waals surface area contributed by atoms with Crippen LogP contribution < -0.4 is 5.32 Å². The number of hydrogen-bond acceptors (Lipinski definition) is 4. The van der Waals surface area contributed by atoms with Crippen LogP contribution in [0.25, 0.3) is 6.08 Å². The number of rotatable bonds is 5. The van der Waals surface area contributed by atoms with Crippen LogP contribution in [0.1, 0.15) is 5.56 Å². The van der Waals surface area contributed by atoms with E-state index >= 15 is 0 Å². The van der Waals surface area contributed by atoms with Gasteiger partial charge in [0.05, 0.1) is 11.5 Å². The molecular weight excluding hydrogens is 262 g/mol. The summed E-state index contributed by atoms with van der Waals surface area (Å²) < 4.78 is 0. The third kappa shape index (κ3) is 4.89. The lowest BCUT2D eigenvalue weighted by Gasteiger charge is -2.09. The van der Waals surface area contributed by atoms with E-state index in [2.05, 4.69) is 5.32 Å². The van der Waals surface area contributed by atoms with Crippen molar-refractivity contribution in [1.82, 2.24) is 10.2 Å². The fourth-order valence-electron chi connectivity index (χ4n) is 1.29. The summed E-state index contributed by atoms with van der Waals surface area (Å²) in [5.74, 6) is -0.659. The zero-order valence-corrected chi connectivity index (χ0v) is 11.2. The molecule has 0 saturated heterocycles. The molecule has 0 aliphatic carbocycles. The highest BCUT2D eigenvalue weighted by Crippen LogP contribution is 2.13. The molecule has 2 amide bonds. The van der Waals surface area contributed by atoms with Crippen LogP contribution in [0.15, 0.2) is 30.3 Å². The minimum absolute atomic E-state index is 0.0460. The molecule has 106 valence electrons. The van der Waals surface area contributed by atoms with Crippen molar-refractivity contribution >= 4 is 23.6 Å². The quantitative estimate of drug-likeness (QED) is 0.489. The zero-order valence-electron chi connectivity index (χ0n) is 11.2. The Labute approximate surface area is 116 Å². The average Bonchev–Trinajstić information content (AvgIpc) is 2.42. The summed E-state index contributed by atoms with van der Waals surface area (Å²) in [6.07, 6.45) is 2.67. The molecule has 0 aliphatic heterocycles. The Balaban J connectivity index is 2.59. The first kappa shape index (κ1) is 15.4. The van der Waals surface area contributed by atoms with Crippen LogP contribution in [0, 0.1) is 10.1 Å². The number of nitrogens with zero attached hydrogens (tertiary/aromatic N) is 2. The number of amides is 2. The Bertz CT molecular complexity index is 552. The largest absolute Gasteiger partial charge is 0.347 e. The van der Waals surface area contributed by atoms with Crippen LogP contribution >= 0.6 is 0 Å². The highest BCUT2D eigenvalue weighted by Gasteiger charge is 2.06. The van der Waals surface area contributed by atoms with Crippen molar-refractivity contribution in [1.29, 1.82) is 0 Å². The first-order valence-corrected chi connectivity index (χ1v) is 5.80. The van der Waals surface area contributed by atoms with Crippen LogP contribution in [0.5, 0.6) is 0 Å². The summed E-state index contributed by atoms with van der Waals surface area (Å²) in [5.41, 5.74) is 0.489. The van der Waals surface area contributed by atoms with E-state index in [0.717, 1.165) is 0 Å². The normalized spacial score (nSPS) is 10.3. The van der Waals surface area contributed by atoms with Gasteiger partial charge in [-0.1, -0.05) is 12.1 Å². The van der Waals surface area contributed by atoms with Crippen molar-refractivity contribution in [2.75, 3.05) is 20.6 Å². The van der Waals surface area contributed by atoms with Gasteiger partial charge in [0.2, 0.25) is 11.8 Å². The zero-order chi connectivity index (χ0) is 15.1. The summed E-state index contributed by atoms with van der Waals surface area (Å²) in [7, 11) is 3.18. The van der Waals surface area contributed by atoms with E-state index in [1.807, 2.05) is 0 Å². The van der Waals surface area contributed by atoms with E-state index in [9.17, 15) is 19.7 Å². The van der Waals surface area contributed by atoms with Crippen molar-refractivity contribution in [3.05, 3.63) is 46.0 Å². The van der Waals surface area contributed by atoms with Crippen LogP contribution in [0.2, 0.25) is 0 Å². The standard InChI is InChI=1S/C13H15N3O4/c1-15(2)13(18)9-14-12(17)7-6-10-4-3-5-11(8-10)16(19)20/h3-8H,9H2,1-2H3,(H,14,17)/b7-6+. The van der Waals surface area contributed by atoms with Crippen molar-refractivity contribution in [3.8, 4) is 0 Å². The second kappa shape index (κ2) is 7.03. The molecule has 1 aromatic rings. The summed E-state index contributed by atoms with van der Waals surface area (Å²) in [6.45, 7) is -0.0922. The molecule has 7 nitrogen and oxygen atoms in total. The van der Waals surface area contributed by atoms with Gasteiger partial charge in [0.1, 0.15) is 0 Å². The molecule has 0 bridgehead atoms. The number of carbonyl (C=O) groups is 2. The van der Waals surface area contributed by atoms with Gasteiger partial charge in [-0.25, -0.2) is 0 Å². The number of nitrogens with one attached hydrogen (secondary N) is 1. The molecule has 0 atom stereocenters. The highest BCUT2D eigenvalue weighted by molar-refractivity contribution is 5.94. The van der Waals surface area contributed by atoms with Gasteiger partial charge >= 0.3 is 0 Å². The number of carbonyl (C=O) groups excluding carboxylic acids is 2. The maximum Gasteiger partial charge on any atom is 0.270 e. The number of benzene rings is 1. The Hall–Kier alpha value is -2.70. The van der Waals surface area contributed by atoms with Crippen molar-refractivity contribution in [3.63, 3.8) is 0 Å². The number of nitro benzene ring substituents is 1. The maximum absolute atomic E-state index is 11.5. The number of nitro groups is 1. The first-order valence-electron chi connectivity index (χ1n) is 5.80. The summed E-state index contributed by atoms with van der Waals surface area (Å²) >= 11 is 0. The lowest BCUT2D eigenvalue weighted by molar-refractivity contribution is -0.384. The Morgan fingerprint density at radius 2 is 2.10 bits per heavy atom. The SMILES string of the molecule is CN(C)C(=O)CNC(=O)/C=C/c1cccc([N+](=O)[O-])c1. The molecule has 0 saturated carbocycles. The lowest BCUT2D eigenvalue weighted by atomic mass is 10.2. The fraction of sp³-hybridized carbons (Fsp3) is 0.231. The predicted molar refractivity (Wildman–Crippen MR) is 73.8 cm³/mol. The average molecular weight is 277 g/mol. The van der Waals surface area contributed by atoms with E-state index in [0.29, 0.717) is 5.56 Å². The molecule has 0 aromatic heterocycles. The van der Waals surface area contributed by atoms with Gasteiger partial charge in [0.25, 0.3) is 5.69 Å². The van der Waals surface area contributed by atoms with E-state index < -0.39 is 10.8 Å². The van der Waals surface area contributed by atoms with Gasteiger partial charge in [-0.2, -0.15) is 0 Å². The molecule has 0 radical (unpaired) electrons. The third-order valence-corrected chi connectivity index (χ3v) is 2.42. The van der Waals surface area contributed by atoms with Gasteiger partial charge in [-0.05, 0) is 11.6 Å². The van der Waals surface area contributed by atoms with Crippen molar-refractivity contribution in [2.24, 2.45) is 0 Å². The first-order chi connectivity index (χ1) is 9.40. The molecule has 1 N–H and O–H groups in total. The molecule has 0 unspecified atom stereocenters. The van der Waals surface area contributed by atoms with E-state index in [1.165, 1.54) is 35.3 Å². The number of non-ortho nitro benzene ring substituents is 1. The third-order valence-electron chi connectivity index (χ3n) is 2.42. The van der Waals surface area contributed by atoms with E-state index in [1.54, 1.807) is 20.2 Å². The number of hydrogen-bond donors (Lipinski definition) is 1. The van der Waals surface area contributed by atoms with Crippen molar-refractivity contribution < 1.29 is 14.5 Å². The van der Waals surface area contributed by atoms with Gasteiger partial charge in [0.15, 0.2) is 0 Å². The molecule has 0 heterocycles. The minimum Gasteiger partial charge on any atom is -0.347 e. The Morgan fingerprint density at radius 1 is 1.40 bits per heavy atom. The van der Waals surface area contributed by atoms with Gasteiger partial charge in [0, 0.05) is 32.3 Å². The fourth-order valence-corrected chi connectivity index (χ4v) is 1.29. The lowest BCUT2D eigenvalue weighted by Crippen LogP contribution is -2.35. The molecule has 7 heteroatoms. The molecule has 1 aromatic carbocycles. The van der Waals surface area contributed by atoms with Crippen LogP contribution in [0.3, 0.4) is 0 Å². The molecule has 0 fully saturated rings. The maximum atomic E-state index is 11.5. The van der Waals surface area contributed by atoms with E-state index in [4.69, 9.17) is 0 Å².